The first-order valence-corrected chi connectivity index (χ1v) is 6.60. The van der Waals surface area contributed by atoms with Crippen molar-refractivity contribution in [1.29, 1.82) is 0 Å². The topological polar surface area (TPSA) is 38.8 Å². The number of hydrogen-bond acceptors (Lipinski definition) is 3. The molecule has 0 aromatic rings. The third-order valence-corrected chi connectivity index (χ3v) is 3.24. The van der Waals surface area contributed by atoms with Crippen LogP contribution in [0.3, 0.4) is 0 Å². The molecule has 0 radical (unpaired) electrons. The zero-order chi connectivity index (χ0) is 13.7. The van der Waals surface area contributed by atoms with Crippen LogP contribution in [0.1, 0.15) is 13.8 Å². The third-order valence-electron chi connectivity index (χ3n) is 2.86. The average Bonchev–Trinajstić information content (AvgIpc) is 2.32. The SMILES string of the molecule is C#CCN(CC1OCC(C)C(C)O1)C(=O)C(Cl)Cl. The fourth-order valence-electron chi connectivity index (χ4n) is 1.56. The monoisotopic (exact) mass is 293 g/mol. The molecule has 102 valence electrons. The van der Waals surface area contributed by atoms with E-state index in [0.717, 1.165) is 0 Å². The largest absolute Gasteiger partial charge is 0.350 e. The molecule has 3 unspecified atom stereocenters. The number of alkyl halides is 2. The minimum Gasteiger partial charge on any atom is -0.350 e. The molecular weight excluding hydrogens is 277 g/mol. The molecule has 0 aromatic heterocycles. The second-order valence-electron chi connectivity index (χ2n) is 4.30. The van der Waals surface area contributed by atoms with Crippen LogP contribution in [0.25, 0.3) is 0 Å². The van der Waals surface area contributed by atoms with Crippen LogP contribution in [0.5, 0.6) is 0 Å². The molecule has 0 aromatic carbocycles. The van der Waals surface area contributed by atoms with Crippen LogP contribution >= 0.6 is 23.2 Å². The van der Waals surface area contributed by atoms with Crippen LogP contribution < -0.4 is 0 Å². The maximum absolute atomic E-state index is 11.7. The first-order valence-electron chi connectivity index (χ1n) is 5.73. The van der Waals surface area contributed by atoms with Crippen LogP contribution in [0, 0.1) is 18.3 Å². The molecule has 18 heavy (non-hydrogen) atoms. The molecule has 1 amide bonds. The molecule has 1 aliphatic heterocycles. The Morgan fingerprint density at radius 3 is 2.72 bits per heavy atom. The molecule has 0 N–H and O–H groups in total. The molecule has 0 spiro atoms. The third kappa shape index (κ3) is 4.33. The molecule has 1 rings (SSSR count). The van der Waals surface area contributed by atoms with E-state index < -0.39 is 17.0 Å². The van der Waals surface area contributed by atoms with Gasteiger partial charge in [-0.05, 0) is 6.92 Å². The number of rotatable bonds is 4. The summed E-state index contributed by atoms with van der Waals surface area (Å²) < 4.78 is 11.1. The van der Waals surface area contributed by atoms with Gasteiger partial charge in [-0.2, -0.15) is 0 Å². The number of carbonyl (C=O) groups is 1. The fraction of sp³-hybridized carbons (Fsp3) is 0.750. The molecule has 0 bridgehead atoms. The Hall–Kier alpha value is -0.470. The highest BCUT2D eigenvalue weighted by atomic mass is 35.5. The van der Waals surface area contributed by atoms with Gasteiger partial charge in [0.05, 0.1) is 25.8 Å². The molecule has 0 aliphatic carbocycles. The standard InChI is InChI=1S/C12H17Cl2NO3/c1-4-5-15(12(16)11(13)14)6-10-17-7-8(2)9(3)18-10/h1,8-11H,5-7H2,2-3H3. The summed E-state index contributed by atoms with van der Waals surface area (Å²) in [4.78, 5) is 11.9. The van der Waals surface area contributed by atoms with Crippen LogP contribution in [0.4, 0.5) is 0 Å². The van der Waals surface area contributed by atoms with Gasteiger partial charge in [0.2, 0.25) is 0 Å². The van der Waals surface area contributed by atoms with E-state index in [1.807, 2.05) is 13.8 Å². The van der Waals surface area contributed by atoms with Crippen LogP contribution in [0.15, 0.2) is 0 Å². The number of nitrogens with zero attached hydrogens (tertiary/aromatic N) is 1. The van der Waals surface area contributed by atoms with Crippen molar-refractivity contribution < 1.29 is 14.3 Å². The Morgan fingerprint density at radius 1 is 1.56 bits per heavy atom. The first kappa shape index (κ1) is 15.6. The van der Waals surface area contributed by atoms with Gasteiger partial charge in [0.25, 0.3) is 5.91 Å². The van der Waals surface area contributed by atoms with Gasteiger partial charge in [-0.25, -0.2) is 0 Å². The van der Waals surface area contributed by atoms with Gasteiger partial charge >= 0.3 is 0 Å². The van der Waals surface area contributed by atoms with E-state index in [4.69, 9.17) is 39.1 Å². The quantitative estimate of drug-likeness (QED) is 0.584. The van der Waals surface area contributed by atoms with Crippen LogP contribution in [-0.2, 0) is 14.3 Å². The predicted molar refractivity (Wildman–Crippen MR) is 70.4 cm³/mol. The van der Waals surface area contributed by atoms with Crippen molar-refractivity contribution in [2.45, 2.75) is 31.1 Å². The molecule has 1 saturated heterocycles. The molecule has 6 heteroatoms. The summed E-state index contributed by atoms with van der Waals surface area (Å²) in [5, 5.41) is 0. The number of ether oxygens (including phenoxy) is 2. The van der Waals surface area contributed by atoms with Crippen LogP contribution in [-0.4, -0.2) is 47.7 Å². The summed E-state index contributed by atoms with van der Waals surface area (Å²) in [7, 11) is 0. The second kappa shape index (κ2) is 7.20. The lowest BCUT2D eigenvalue weighted by Crippen LogP contribution is -2.46. The van der Waals surface area contributed by atoms with E-state index in [2.05, 4.69) is 5.92 Å². The van der Waals surface area contributed by atoms with Gasteiger partial charge in [-0.15, -0.1) is 6.42 Å². The highest BCUT2D eigenvalue weighted by Crippen LogP contribution is 2.19. The number of halogens is 2. The van der Waals surface area contributed by atoms with E-state index in [-0.39, 0.29) is 19.2 Å². The molecule has 1 fully saturated rings. The van der Waals surface area contributed by atoms with Crippen molar-refractivity contribution in [3.63, 3.8) is 0 Å². The van der Waals surface area contributed by atoms with E-state index >= 15 is 0 Å². The first-order chi connectivity index (χ1) is 8.45. The maximum Gasteiger partial charge on any atom is 0.256 e. The molecular formula is C12H17Cl2NO3. The minimum atomic E-state index is -1.13. The smallest absolute Gasteiger partial charge is 0.256 e. The van der Waals surface area contributed by atoms with Crippen molar-refractivity contribution in [3.8, 4) is 12.3 Å². The van der Waals surface area contributed by atoms with Crippen molar-refractivity contribution in [1.82, 2.24) is 4.90 Å². The number of carbonyl (C=O) groups excluding carboxylic acids is 1. The lowest BCUT2D eigenvalue weighted by molar-refractivity contribution is -0.233. The lowest BCUT2D eigenvalue weighted by atomic mass is 10.1. The normalized spacial score (nSPS) is 27.9. The Kier molecular flexibility index (Phi) is 6.24. The fourth-order valence-corrected chi connectivity index (χ4v) is 1.84. The van der Waals surface area contributed by atoms with E-state index in [1.165, 1.54) is 4.90 Å². The van der Waals surface area contributed by atoms with Crippen molar-refractivity contribution in [2.24, 2.45) is 5.92 Å². The maximum atomic E-state index is 11.7. The minimum absolute atomic E-state index is 0.0781. The van der Waals surface area contributed by atoms with Gasteiger partial charge in [-0.3, -0.25) is 4.79 Å². The van der Waals surface area contributed by atoms with Gasteiger partial charge in [0.1, 0.15) is 0 Å². The van der Waals surface area contributed by atoms with Crippen LogP contribution in [0.2, 0.25) is 0 Å². The van der Waals surface area contributed by atoms with Gasteiger partial charge in [0, 0.05) is 5.92 Å². The Labute approximate surface area is 118 Å². The van der Waals surface area contributed by atoms with Crippen molar-refractivity contribution >= 4 is 29.1 Å². The Morgan fingerprint density at radius 2 is 2.22 bits per heavy atom. The second-order valence-corrected chi connectivity index (χ2v) is 5.40. The molecule has 4 nitrogen and oxygen atoms in total. The van der Waals surface area contributed by atoms with E-state index in [1.54, 1.807) is 0 Å². The van der Waals surface area contributed by atoms with Crippen molar-refractivity contribution in [3.05, 3.63) is 0 Å². The van der Waals surface area contributed by atoms with Crippen molar-refractivity contribution in [2.75, 3.05) is 19.7 Å². The summed E-state index contributed by atoms with van der Waals surface area (Å²) >= 11 is 11.1. The molecule has 0 saturated carbocycles. The highest BCUT2D eigenvalue weighted by Gasteiger charge is 2.29. The van der Waals surface area contributed by atoms with Gasteiger partial charge in [0.15, 0.2) is 11.1 Å². The summed E-state index contributed by atoms with van der Waals surface area (Å²) in [6, 6.07) is 0. The number of hydrogen-bond donors (Lipinski definition) is 0. The Balaban J connectivity index is 2.56. The van der Waals surface area contributed by atoms with Gasteiger partial charge < -0.3 is 14.4 Å². The average molecular weight is 294 g/mol. The van der Waals surface area contributed by atoms with E-state index in [9.17, 15) is 4.79 Å². The predicted octanol–water partition coefficient (Wildman–Crippen LogP) is 1.65. The molecule has 1 aliphatic rings. The Bertz CT molecular complexity index is 330. The molecule has 1 heterocycles. The van der Waals surface area contributed by atoms with Gasteiger partial charge in [-0.1, -0.05) is 36.0 Å². The highest BCUT2D eigenvalue weighted by molar-refractivity contribution is 6.53. The van der Waals surface area contributed by atoms with E-state index in [0.29, 0.717) is 12.5 Å². The number of amides is 1. The molecule has 3 atom stereocenters. The summed E-state index contributed by atoms with van der Waals surface area (Å²) in [5.41, 5.74) is 0. The summed E-state index contributed by atoms with van der Waals surface area (Å²) in [6.45, 7) is 4.96. The zero-order valence-electron chi connectivity index (χ0n) is 10.4. The lowest BCUT2D eigenvalue weighted by Gasteiger charge is -2.35. The zero-order valence-corrected chi connectivity index (χ0v) is 11.9. The number of terminal acetylenes is 1. The summed E-state index contributed by atoms with van der Waals surface area (Å²) in [6.07, 6.45) is 4.80. The summed E-state index contributed by atoms with van der Waals surface area (Å²) in [5.74, 6) is 2.28.